The van der Waals surface area contributed by atoms with E-state index < -0.39 is 6.67 Å². The van der Waals surface area contributed by atoms with E-state index in [1.54, 1.807) is 12.3 Å². The average Bonchev–Trinajstić information content (AvgIpc) is 2.17. The standard InChI is InChI=1S/C9H7FN2/c10-5-7-4-9-8(12-6-7)2-1-3-11-9/h1-4,6H,5H2. The van der Waals surface area contributed by atoms with E-state index in [1.165, 1.54) is 6.20 Å². The lowest BCUT2D eigenvalue weighted by atomic mass is 10.2. The van der Waals surface area contributed by atoms with Crippen LogP contribution in [-0.4, -0.2) is 9.97 Å². The van der Waals surface area contributed by atoms with E-state index >= 15 is 0 Å². The third kappa shape index (κ3) is 1.13. The molecule has 2 heterocycles. The molecule has 0 aliphatic rings. The third-order valence-electron chi connectivity index (χ3n) is 1.66. The minimum absolute atomic E-state index is 0.487. The van der Waals surface area contributed by atoms with Gasteiger partial charge in [0.1, 0.15) is 6.67 Å². The van der Waals surface area contributed by atoms with E-state index in [2.05, 4.69) is 9.97 Å². The van der Waals surface area contributed by atoms with E-state index in [0.29, 0.717) is 5.56 Å². The fourth-order valence-electron chi connectivity index (χ4n) is 1.07. The van der Waals surface area contributed by atoms with E-state index in [1.807, 2.05) is 12.1 Å². The molecule has 0 saturated heterocycles. The summed E-state index contributed by atoms with van der Waals surface area (Å²) in [6, 6.07) is 5.37. The first-order chi connectivity index (χ1) is 5.90. The van der Waals surface area contributed by atoms with Gasteiger partial charge in [0.05, 0.1) is 11.0 Å². The van der Waals surface area contributed by atoms with Crippen molar-refractivity contribution < 1.29 is 4.39 Å². The molecule has 0 fully saturated rings. The average molecular weight is 162 g/mol. The van der Waals surface area contributed by atoms with Crippen LogP contribution in [0.4, 0.5) is 4.39 Å². The summed E-state index contributed by atoms with van der Waals surface area (Å²) in [5, 5.41) is 0. The molecule has 0 amide bonds. The number of aromatic nitrogens is 2. The number of fused-ring (bicyclic) bond motifs is 1. The Bertz CT molecular complexity index is 400. The molecule has 12 heavy (non-hydrogen) atoms. The predicted molar refractivity (Wildman–Crippen MR) is 44.4 cm³/mol. The molecule has 2 aromatic heterocycles. The van der Waals surface area contributed by atoms with Crippen LogP contribution in [-0.2, 0) is 6.67 Å². The second kappa shape index (κ2) is 2.85. The summed E-state index contributed by atoms with van der Waals surface area (Å²) >= 11 is 0. The number of hydrogen-bond donors (Lipinski definition) is 0. The summed E-state index contributed by atoms with van der Waals surface area (Å²) in [5.74, 6) is 0. The Hall–Kier alpha value is -1.51. The van der Waals surface area contributed by atoms with Gasteiger partial charge in [-0.3, -0.25) is 9.97 Å². The first-order valence-electron chi connectivity index (χ1n) is 3.66. The van der Waals surface area contributed by atoms with Gasteiger partial charge in [0.25, 0.3) is 0 Å². The van der Waals surface area contributed by atoms with Crippen LogP contribution in [0, 0.1) is 0 Å². The minimum Gasteiger partial charge on any atom is -0.255 e. The van der Waals surface area contributed by atoms with Gasteiger partial charge in [-0.15, -0.1) is 0 Å². The van der Waals surface area contributed by atoms with Crippen LogP contribution in [0.1, 0.15) is 5.56 Å². The van der Waals surface area contributed by atoms with Crippen molar-refractivity contribution in [2.45, 2.75) is 6.67 Å². The highest BCUT2D eigenvalue weighted by Crippen LogP contribution is 2.10. The normalized spacial score (nSPS) is 10.4. The lowest BCUT2D eigenvalue weighted by Gasteiger charge is -1.96. The molecule has 2 aromatic rings. The minimum atomic E-state index is -0.487. The van der Waals surface area contributed by atoms with Crippen LogP contribution >= 0.6 is 0 Å². The molecule has 0 aromatic carbocycles. The Balaban J connectivity index is 2.67. The zero-order chi connectivity index (χ0) is 8.39. The number of rotatable bonds is 1. The van der Waals surface area contributed by atoms with Crippen LogP contribution in [0.3, 0.4) is 0 Å². The number of pyridine rings is 2. The summed E-state index contributed by atoms with van der Waals surface area (Å²) in [4.78, 5) is 8.11. The maximum Gasteiger partial charge on any atom is 0.116 e. The molecule has 0 saturated carbocycles. The first-order valence-corrected chi connectivity index (χ1v) is 3.66. The van der Waals surface area contributed by atoms with Crippen molar-refractivity contribution in [3.8, 4) is 0 Å². The molecule has 0 aliphatic carbocycles. The molecule has 0 spiro atoms. The Morgan fingerprint density at radius 1 is 1.25 bits per heavy atom. The molecular formula is C9H7FN2. The van der Waals surface area contributed by atoms with Crippen molar-refractivity contribution in [1.82, 2.24) is 9.97 Å². The topological polar surface area (TPSA) is 25.8 Å². The van der Waals surface area contributed by atoms with Gasteiger partial charge in [-0.1, -0.05) is 0 Å². The number of hydrogen-bond acceptors (Lipinski definition) is 2. The van der Waals surface area contributed by atoms with E-state index in [9.17, 15) is 4.39 Å². The molecule has 0 N–H and O–H groups in total. The zero-order valence-electron chi connectivity index (χ0n) is 6.37. The van der Waals surface area contributed by atoms with Crippen molar-refractivity contribution in [1.29, 1.82) is 0 Å². The van der Waals surface area contributed by atoms with Crippen LogP contribution in [0.25, 0.3) is 11.0 Å². The summed E-state index contributed by atoms with van der Waals surface area (Å²) in [6.45, 7) is -0.487. The summed E-state index contributed by atoms with van der Waals surface area (Å²) < 4.78 is 12.2. The van der Waals surface area contributed by atoms with Crippen molar-refractivity contribution in [2.24, 2.45) is 0 Å². The highest BCUT2D eigenvalue weighted by molar-refractivity contribution is 5.73. The summed E-state index contributed by atoms with van der Waals surface area (Å²) in [5.41, 5.74) is 2.11. The Kier molecular flexibility index (Phi) is 1.70. The van der Waals surface area contributed by atoms with Crippen LogP contribution in [0.15, 0.2) is 30.6 Å². The quantitative estimate of drug-likeness (QED) is 0.641. The van der Waals surface area contributed by atoms with E-state index in [4.69, 9.17) is 0 Å². The van der Waals surface area contributed by atoms with Crippen LogP contribution in [0.5, 0.6) is 0 Å². The van der Waals surface area contributed by atoms with Crippen LogP contribution < -0.4 is 0 Å². The van der Waals surface area contributed by atoms with Gasteiger partial charge in [0, 0.05) is 18.0 Å². The lowest BCUT2D eigenvalue weighted by Crippen LogP contribution is -1.85. The molecular weight excluding hydrogens is 155 g/mol. The summed E-state index contributed by atoms with van der Waals surface area (Å²) in [6.07, 6.45) is 3.20. The van der Waals surface area contributed by atoms with Gasteiger partial charge in [0.2, 0.25) is 0 Å². The molecule has 2 rings (SSSR count). The molecule has 0 unspecified atom stereocenters. The number of nitrogens with zero attached hydrogens (tertiary/aromatic N) is 2. The maximum atomic E-state index is 12.2. The monoisotopic (exact) mass is 162 g/mol. The molecule has 0 aliphatic heterocycles. The van der Waals surface area contributed by atoms with Crippen LogP contribution in [0.2, 0.25) is 0 Å². The second-order valence-corrected chi connectivity index (χ2v) is 2.52. The van der Waals surface area contributed by atoms with Gasteiger partial charge in [0.15, 0.2) is 0 Å². The summed E-state index contributed by atoms with van der Waals surface area (Å²) in [7, 11) is 0. The van der Waals surface area contributed by atoms with Gasteiger partial charge in [-0.05, 0) is 18.2 Å². The highest BCUT2D eigenvalue weighted by atomic mass is 19.1. The van der Waals surface area contributed by atoms with E-state index in [0.717, 1.165) is 11.0 Å². The molecule has 60 valence electrons. The number of halogens is 1. The zero-order valence-corrected chi connectivity index (χ0v) is 6.37. The van der Waals surface area contributed by atoms with Gasteiger partial charge < -0.3 is 0 Å². The van der Waals surface area contributed by atoms with Gasteiger partial charge >= 0.3 is 0 Å². The van der Waals surface area contributed by atoms with E-state index in [-0.39, 0.29) is 0 Å². The first kappa shape index (κ1) is 7.16. The van der Waals surface area contributed by atoms with Gasteiger partial charge in [-0.25, -0.2) is 4.39 Å². The van der Waals surface area contributed by atoms with Crippen molar-refractivity contribution in [3.63, 3.8) is 0 Å². The van der Waals surface area contributed by atoms with Gasteiger partial charge in [-0.2, -0.15) is 0 Å². The molecule has 0 atom stereocenters. The van der Waals surface area contributed by atoms with Crippen molar-refractivity contribution >= 4 is 11.0 Å². The number of alkyl halides is 1. The Morgan fingerprint density at radius 3 is 3.00 bits per heavy atom. The maximum absolute atomic E-state index is 12.2. The Morgan fingerprint density at radius 2 is 2.17 bits per heavy atom. The highest BCUT2D eigenvalue weighted by Gasteiger charge is 1.96. The smallest absolute Gasteiger partial charge is 0.116 e. The largest absolute Gasteiger partial charge is 0.255 e. The fourth-order valence-corrected chi connectivity index (χ4v) is 1.07. The Labute approximate surface area is 69.1 Å². The van der Waals surface area contributed by atoms with Crippen molar-refractivity contribution in [2.75, 3.05) is 0 Å². The fraction of sp³-hybridized carbons (Fsp3) is 0.111. The molecule has 3 heteroatoms. The van der Waals surface area contributed by atoms with Crippen molar-refractivity contribution in [3.05, 3.63) is 36.2 Å². The SMILES string of the molecule is FCc1cnc2cccnc2c1. The second-order valence-electron chi connectivity index (χ2n) is 2.52. The lowest BCUT2D eigenvalue weighted by molar-refractivity contribution is 0.484. The predicted octanol–water partition coefficient (Wildman–Crippen LogP) is 2.10. The third-order valence-corrected chi connectivity index (χ3v) is 1.66. The molecule has 0 bridgehead atoms. The molecule has 0 radical (unpaired) electrons. The molecule has 2 nitrogen and oxygen atoms in total.